The Labute approximate surface area is 172 Å². The first-order valence-electron chi connectivity index (χ1n) is 8.80. The number of carbonyl (C=O) groups excluding carboxylic acids is 1. The highest BCUT2D eigenvalue weighted by Gasteiger charge is 2.16. The minimum absolute atomic E-state index is 0.0477. The van der Waals surface area contributed by atoms with Crippen LogP contribution in [0.25, 0.3) is 32.2 Å². The molecule has 29 heavy (non-hydrogen) atoms. The average molecular weight is 425 g/mol. The van der Waals surface area contributed by atoms with E-state index < -0.39 is 11.5 Å². The number of para-hydroxylation sites is 1. The lowest BCUT2D eigenvalue weighted by atomic mass is 10.2. The molecular formula is C21H13ClN2O4S. The first-order valence-corrected chi connectivity index (χ1v) is 9.99. The smallest absolute Gasteiger partial charge is 0.326 e. The summed E-state index contributed by atoms with van der Waals surface area (Å²) in [6.07, 6.45) is 1.33. The van der Waals surface area contributed by atoms with Crippen molar-refractivity contribution in [1.82, 2.24) is 9.55 Å². The van der Waals surface area contributed by atoms with Crippen LogP contribution in [0.3, 0.4) is 0 Å². The van der Waals surface area contributed by atoms with Crippen LogP contribution in [-0.2, 0) is 22.7 Å². The van der Waals surface area contributed by atoms with Crippen molar-refractivity contribution in [2.45, 2.75) is 13.2 Å². The third-order valence-electron chi connectivity index (χ3n) is 4.62. The Morgan fingerprint density at radius 3 is 2.72 bits per heavy atom. The molecule has 0 saturated carbocycles. The molecule has 0 amide bonds. The Morgan fingerprint density at radius 1 is 1.14 bits per heavy atom. The summed E-state index contributed by atoms with van der Waals surface area (Å²) in [6, 6.07) is 15.0. The number of nitrogens with zero attached hydrogens (tertiary/aromatic N) is 2. The monoisotopic (exact) mass is 424 g/mol. The van der Waals surface area contributed by atoms with E-state index in [0.29, 0.717) is 16.1 Å². The van der Waals surface area contributed by atoms with Crippen LogP contribution in [0.2, 0.25) is 5.02 Å². The molecule has 0 bridgehead atoms. The zero-order chi connectivity index (χ0) is 20.0. The molecule has 0 aliphatic carbocycles. The second-order valence-electron chi connectivity index (χ2n) is 6.45. The summed E-state index contributed by atoms with van der Waals surface area (Å²) in [4.78, 5) is 30.0. The lowest BCUT2D eigenvalue weighted by molar-refractivity contribution is -0.145. The minimum Gasteiger partial charge on any atom is -0.459 e. The van der Waals surface area contributed by atoms with Crippen LogP contribution in [0, 0.1) is 0 Å². The van der Waals surface area contributed by atoms with Crippen molar-refractivity contribution in [3.05, 3.63) is 75.1 Å². The summed E-state index contributed by atoms with van der Waals surface area (Å²) < 4.78 is 13.2. The number of hydrogen-bond donors (Lipinski definition) is 0. The van der Waals surface area contributed by atoms with Gasteiger partial charge in [0.2, 0.25) is 5.58 Å². The number of thiophene rings is 1. The maximum Gasteiger partial charge on any atom is 0.326 e. The van der Waals surface area contributed by atoms with Crippen molar-refractivity contribution < 1.29 is 13.9 Å². The van der Waals surface area contributed by atoms with Crippen molar-refractivity contribution in [2.75, 3.05) is 0 Å². The van der Waals surface area contributed by atoms with E-state index in [1.54, 1.807) is 6.07 Å². The highest BCUT2D eigenvalue weighted by molar-refractivity contribution is 7.19. The van der Waals surface area contributed by atoms with Gasteiger partial charge in [0, 0.05) is 15.5 Å². The van der Waals surface area contributed by atoms with Crippen molar-refractivity contribution in [3.63, 3.8) is 0 Å². The van der Waals surface area contributed by atoms with Gasteiger partial charge in [-0.2, -0.15) is 0 Å². The van der Waals surface area contributed by atoms with E-state index in [-0.39, 0.29) is 18.7 Å². The number of rotatable bonds is 4. The van der Waals surface area contributed by atoms with E-state index in [4.69, 9.17) is 20.8 Å². The second kappa shape index (κ2) is 7.02. The fourth-order valence-corrected chi connectivity index (χ4v) is 4.62. The molecule has 0 saturated heterocycles. The highest BCUT2D eigenvalue weighted by Crippen LogP contribution is 2.35. The first kappa shape index (κ1) is 17.9. The lowest BCUT2D eigenvalue weighted by Gasteiger charge is -2.06. The number of aromatic nitrogens is 2. The number of furan rings is 1. The molecule has 0 atom stereocenters. The van der Waals surface area contributed by atoms with Crippen LogP contribution in [0.4, 0.5) is 0 Å². The van der Waals surface area contributed by atoms with E-state index in [1.165, 1.54) is 22.2 Å². The number of hydrogen-bond acceptors (Lipinski definition) is 6. The molecule has 5 aromatic rings. The van der Waals surface area contributed by atoms with Gasteiger partial charge >= 0.3 is 5.97 Å². The first-order chi connectivity index (χ1) is 14.1. The molecule has 6 nitrogen and oxygen atoms in total. The Bertz CT molecular complexity index is 1450. The molecule has 0 spiro atoms. The number of halogens is 1. The van der Waals surface area contributed by atoms with Crippen molar-refractivity contribution >= 4 is 61.1 Å². The summed E-state index contributed by atoms with van der Waals surface area (Å²) in [5, 5.41) is 2.27. The lowest BCUT2D eigenvalue weighted by Crippen LogP contribution is -2.25. The molecule has 2 aromatic carbocycles. The topological polar surface area (TPSA) is 74.3 Å². The van der Waals surface area contributed by atoms with E-state index in [1.807, 2.05) is 42.5 Å². The second-order valence-corrected chi connectivity index (χ2v) is 7.96. The van der Waals surface area contributed by atoms with Crippen LogP contribution >= 0.6 is 22.9 Å². The van der Waals surface area contributed by atoms with E-state index in [2.05, 4.69) is 4.98 Å². The summed E-state index contributed by atoms with van der Waals surface area (Å²) in [5.41, 5.74) is 0.746. The molecule has 0 radical (unpaired) electrons. The third-order valence-corrected chi connectivity index (χ3v) is 6.30. The van der Waals surface area contributed by atoms with Gasteiger partial charge in [0.05, 0.1) is 16.2 Å². The summed E-state index contributed by atoms with van der Waals surface area (Å²) in [7, 11) is 0. The standard InChI is InChI=1S/C21H13ClN2O4S/c22-18-13-6-2-4-8-15(13)29-16(18)10-27-17(25)9-24-11-23-19-12-5-1-3-7-14(12)28-20(19)21(24)26/h1-8,11H,9-10H2. The van der Waals surface area contributed by atoms with Gasteiger partial charge in [0.1, 0.15) is 24.3 Å². The van der Waals surface area contributed by atoms with Crippen LogP contribution < -0.4 is 5.56 Å². The minimum atomic E-state index is -0.558. The SMILES string of the molecule is O=C(Cn1cnc2c(oc3ccccc32)c1=O)OCc1sc2ccccc2c1Cl. The Hall–Kier alpha value is -3.16. The molecule has 0 fully saturated rings. The number of ether oxygens (including phenoxy) is 1. The normalized spacial score (nSPS) is 11.5. The molecule has 3 heterocycles. The van der Waals surface area contributed by atoms with Crippen LogP contribution in [0.15, 0.2) is 64.1 Å². The van der Waals surface area contributed by atoms with Crippen molar-refractivity contribution in [1.29, 1.82) is 0 Å². The number of esters is 1. The van der Waals surface area contributed by atoms with Crippen LogP contribution in [0.5, 0.6) is 0 Å². The fraction of sp³-hybridized carbons (Fsp3) is 0.0952. The molecule has 144 valence electrons. The van der Waals surface area contributed by atoms with Gasteiger partial charge in [-0.1, -0.05) is 41.9 Å². The summed E-state index contributed by atoms with van der Waals surface area (Å²) in [5.74, 6) is -0.558. The van der Waals surface area contributed by atoms with Crippen LogP contribution in [0.1, 0.15) is 4.88 Å². The maximum absolute atomic E-state index is 12.7. The molecule has 0 unspecified atom stereocenters. The predicted octanol–water partition coefficient (Wildman–Crippen LogP) is 4.75. The van der Waals surface area contributed by atoms with E-state index in [9.17, 15) is 9.59 Å². The van der Waals surface area contributed by atoms with Gasteiger partial charge in [0.15, 0.2) is 0 Å². The largest absolute Gasteiger partial charge is 0.459 e. The van der Waals surface area contributed by atoms with Gasteiger partial charge in [0.25, 0.3) is 5.56 Å². The Balaban J connectivity index is 1.37. The molecule has 0 N–H and O–H groups in total. The Morgan fingerprint density at radius 2 is 1.90 bits per heavy atom. The van der Waals surface area contributed by atoms with E-state index in [0.717, 1.165) is 20.3 Å². The number of benzene rings is 2. The maximum atomic E-state index is 12.7. The molecule has 0 aliphatic rings. The molecule has 8 heteroatoms. The highest BCUT2D eigenvalue weighted by atomic mass is 35.5. The predicted molar refractivity (Wildman–Crippen MR) is 112 cm³/mol. The summed E-state index contributed by atoms with van der Waals surface area (Å²) in [6.45, 7) is -0.215. The summed E-state index contributed by atoms with van der Waals surface area (Å²) >= 11 is 7.85. The van der Waals surface area contributed by atoms with Gasteiger partial charge < -0.3 is 9.15 Å². The third kappa shape index (κ3) is 3.08. The molecular weight excluding hydrogens is 412 g/mol. The van der Waals surface area contributed by atoms with Crippen molar-refractivity contribution in [2.24, 2.45) is 0 Å². The molecule has 5 rings (SSSR count). The van der Waals surface area contributed by atoms with Gasteiger partial charge in [-0.05, 0) is 18.2 Å². The Kier molecular flexibility index (Phi) is 4.34. The van der Waals surface area contributed by atoms with E-state index >= 15 is 0 Å². The fourth-order valence-electron chi connectivity index (χ4n) is 3.22. The number of carbonyl (C=O) groups is 1. The van der Waals surface area contributed by atoms with Gasteiger partial charge in [-0.3, -0.25) is 14.2 Å². The zero-order valence-electron chi connectivity index (χ0n) is 14.9. The molecule has 0 aliphatic heterocycles. The van der Waals surface area contributed by atoms with Gasteiger partial charge in [-0.25, -0.2) is 4.98 Å². The zero-order valence-corrected chi connectivity index (χ0v) is 16.5. The number of fused-ring (bicyclic) bond motifs is 4. The quantitative estimate of drug-likeness (QED) is 0.389. The van der Waals surface area contributed by atoms with Gasteiger partial charge in [-0.15, -0.1) is 11.3 Å². The van der Waals surface area contributed by atoms with Crippen LogP contribution in [-0.4, -0.2) is 15.5 Å². The van der Waals surface area contributed by atoms with Crippen molar-refractivity contribution in [3.8, 4) is 0 Å². The molecule has 3 aromatic heterocycles. The average Bonchev–Trinajstić information content (AvgIpc) is 3.27.